The van der Waals surface area contributed by atoms with Crippen LogP contribution in [0.1, 0.15) is 15.9 Å². The SMILES string of the molecule is COC(=O)Cc1ccc(-c2cccc(C(=O)OC)c2)cc1. The maximum atomic E-state index is 11.5. The van der Waals surface area contributed by atoms with E-state index in [4.69, 9.17) is 4.74 Å². The molecule has 0 aromatic heterocycles. The Morgan fingerprint density at radius 2 is 1.62 bits per heavy atom. The smallest absolute Gasteiger partial charge is 0.337 e. The summed E-state index contributed by atoms with van der Waals surface area (Å²) in [5.41, 5.74) is 3.28. The van der Waals surface area contributed by atoms with Crippen LogP contribution in [0.3, 0.4) is 0 Å². The summed E-state index contributed by atoms with van der Waals surface area (Å²) < 4.78 is 9.35. The molecular weight excluding hydrogens is 268 g/mol. The third-order valence-electron chi connectivity index (χ3n) is 3.15. The Balaban J connectivity index is 2.22. The lowest BCUT2D eigenvalue weighted by atomic mass is 10.0. The highest BCUT2D eigenvalue weighted by molar-refractivity contribution is 5.91. The molecule has 2 rings (SSSR count). The molecule has 0 spiro atoms. The van der Waals surface area contributed by atoms with E-state index in [1.165, 1.54) is 14.2 Å². The molecule has 0 saturated carbocycles. The van der Waals surface area contributed by atoms with E-state index in [2.05, 4.69) is 4.74 Å². The molecule has 0 aliphatic rings. The fourth-order valence-electron chi connectivity index (χ4n) is 2.00. The van der Waals surface area contributed by atoms with Crippen LogP contribution in [0.4, 0.5) is 0 Å². The van der Waals surface area contributed by atoms with Crippen LogP contribution >= 0.6 is 0 Å². The molecule has 0 fully saturated rings. The minimum absolute atomic E-state index is 0.249. The Morgan fingerprint density at radius 3 is 2.24 bits per heavy atom. The molecule has 0 amide bonds. The van der Waals surface area contributed by atoms with E-state index < -0.39 is 0 Å². The van der Waals surface area contributed by atoms with Gasteiger partial charge in [-0.3, -0.25) is 4.79 Å². The number of benzene rings is 2. The molecule has 0 atom stereocenters. The quantitative estimate of drug-likeness (QED) is 0.810. The monoisotopic (exact) mass is 284 g/mol. The molecule has 108 valence electrons. The van der Waals surface area contributed by atoms with Crippen molar-refractivity contribution in [1.82, 2.24) is 0 Å². The lowest BCUT2D eigenvalue weighted by Crippen LogP contribution is -2.04. The van der Waals surface area contributed by atoms with Gasteiger partial charge in [-0.2, -0.15) is 0 Å². The first-order valence-electron chi connectivity index (χ1n) is 6.48. The molecule has 0 bridgehead atoms. The van der Waals surface area contributed by atoms with E-state index in [0.29, 0.717) is 5.56 Å². The second-order valence-electron chi connectivity index (χ2n) is 4.52. The van der Waals surface area contributed by atoms with Gasteiger partial charge in [-0.1, -0.05) is 36.4 Å². The first-order chi connectivity index (χ1) is 10.1. The largest absolute Gasteiger partial charge is 0.469 e. The molecular formula is C17H16O4. The van der Waals surface area contributed by atoms with Gasteiger partial charge in [-0.05, 0) is 28.8 Å². The van der Waals surface area contributed by atoms with Crippen molar-refractivity contribution in [2.75, 3.05) is 14.2 Å². The summed E-state index contributed by atoms with van der Waals surface area (Å²) in [6, 6.07) is 14.8. The van der Waals surface area contributed by atoms with Gasteiger partial charge in [0.25, 0.3) is 0 Å². The molecule has 4 nitrogen and oxygen atoms in total. The number of hydrogen-bond acceptors (Lipinski definition) is 4. The number of rotatable bonds is 4. The van der Waals surface area contributed by atoms with Gasteiger partial charge in [-0.15, -0.1) is 0 Å². The van der Waals surface area contributed by atoms with Gasteiger partial charge in [-0.25, -0.2) is 4.79 Å². The van der Waals surface area contributed by atoms with Crippen molar-refractivity contribution in [2.45, 2.75) is 6.42 Å². The Hall–Kier alpha value is -2.62. The zero-order valence-electron chi connectivity index (χ0n) is 12.0. The predicted molar refractivity (Wildman–Crippen MR) is 78.9 cm³/mol. The van der Waals surface area contributed by atoms with Gasteiger partial charge in [0.1, 0.15) is 0 Å². The fourth-order valence-corrected chi connectivity index (χ4v) is 2.00. The van der Waals surface area contributed by atoms with E-state index in [9.17, 15) is 9.59 Å². The predicted octanol–water partition coefficient (Wildman–Crippen LogP) is 2.86. The average Bonchev–Trinajstić information content (AvgIpc) is 2.54. The van der Waals surface area contributed by atoms with E-state index in [0.717, 1.165) is 16.7 Å². The molecule has 0 saturated heterocycles. The van der Waals surface area contributed by atoms with Gasteiger partial charge >= 0.3 is 11.9 Å². The van der Waals surface area contributed by atoms with Gasteiger partial charge in [0.2, 0.25) is 0 Å². The first kappa shape index (κ1) is 14.8. The van der Waals surface area contributed by atoms with Crippen molar-refractivity contribution in [3.63, 3.8) is 0 Å². The maximum absolute atomic E-state index is 11.5. The molecule has 0 unspecified atom stereocenters. The van der Waals surface area contributed by atoms with Crippen molar-refractivity contribution < 1.29 is 19.1 Å². The number of carbonyl (C=O) groups excluding carboxylic acids is 2. The number of esters is 2. The molecule has 21 heavy (non-hydrogen) atoms. The fraction of sp³-hybridized carbons (Fsp3) is 0.176. The summed E-state index contributed by atoms with van der Waals surface area (Å²) in [5.74, 6) is -0.630. The maximum Gasteiger partial charge on any atom is 0.337 e. The first-order valence-corrected chi connectivity index (χ1v) is 6.48. The summed E-state index contributed by atoms with van der Waals surface area (Å²) in [5, 5.41) is 0. The highest BCUT2D eigenvalue weighted by atomic mass is 16.5. The Morgan fingerprint density at radius 1 is 0.905 bits per heavy atom. The van der Waals surface area contributed by atoms with Gasteiger partial charge < -0.3 is 9.47 Å². The van der Waals surface area contributed by atoms with Crippen molar-refractivity contribution >= 4 is 11.9 Å². The normalized spacial score (nSPS) is 10.0. The molecule has 0 N–H and O–H groups in total. The number of ether oxygens (including phenoxy) is 2. The van der Waals surface area contributed by atoms with Crippen LogP contribution in [0.25, 0.3) is 11.1 Å². The minimum atomic E-state index is -0.362. The lowest BCUT2D eigenvalue weighted by Gasteiger charge is -2.06. The second kappa shape index (κ2) is 6.70. The van der Waals surface area contributed by atoms with E-state index >= 15 is 0 Å². The molecule has 2 aromatic rings. The van der Waals surface area contributed by atoms with Crippen molar-refractivity contribution in [1.29, 1.82) is 0 Å². The van der Waals surface area contributed by atoms with Crippen LogP contribution in [0.15, 0.2) is 48.5 Å². The number of carbonyl (C=O) groups is 2. The Labute approximate surface area is 123 Å². The van der Waals surface area contributed by atoms with Gasteiger partial charge in [0, 0.05) is 0 Å². The van der Waals surface area contributed by atoms with Crippen LogP contribution in [0.5, 0.6) is 0 Å². The minimum Gasteiger partial charge on any atom is -0.469 e. The Bertz CT molecular complexity index is 644. The highest BCUT2D eigenvalue weighted by Crippen LogP contribution is 2.21. The third-order valence-corrected chi connectivity index (χ3v) is 3.15. The summed E-state index contributed by atoms with van der Waals surface area (Å²) in [4.78, 5) is 22.7. The van der Waals surface area contributed by atoms with Crippen LogP contribution in [-0.4, -0.2) is 26.2 Å². The second-order valence-corrected chi connectivity index (χ2v) is 4.52. The summed E-state index contributed by atoms with van der Waals surface area (Å²) in [6.45, 7) is 0. The van der Waals surface area contributed by atoms with E-state index in [1.54, 1.807) is 12.1 Å². The zero-order chi connectivity index (χ0) is 15.2. The van der Waals surface area contributed by atoms with Crippen LogP contribution in [-0.2, 0) is 20.7 Å². The van der Waals surface area contributed by atoms with Crippen molar-refractivity contribution in [3.05, 3.63) is 59.7 Å². The molecule has 0 radical (unpaired) electrons. The van der Waals surface area contributed by atoms with Crippen LogP contribution < -0.4 is 0 Å². The topological polar surface area (TPSA) is 52.6 Å². The summed E-state index contributed by atoms with van der Waals surface area (Å²) in [7, 11) is 2.73. The lowest BCUT2D eigenvalue weighted by molar-refractivity contribution is -0.139. The van der Waals surface area contributed by atoms with Crippen molar-refractivity contribution in [3.8, 4) is 11.1 Å². The van der Waals surface area contributed by atoms with Crippen LogP contribution in [0, 0.1) is 0 Å². The number of hydrogen-bond donors (Lipinski definition) is 0. The molecule has 0 aliphatic carbocycles. The molecule has 0 aliphatic heterocycles. The molecule has 4 heteroatoms. The van der Waals surface area contributed by atoms with Gasteiger partial charge in [0.05, 0.1) is 26.2 Å². The van der Waals surface area contributed by atoms with E-state index in [-0.39, 0.29) is 18.4 Å². The van der Waals surface area contributed by atoms with Crippen LogP contribution in [0.2, 0.25) is 0 Å². The third kappa shape index (κ3) is 3.69. The summed E-state index contributed by atoms with van der Waals surface area (Å²) in [6.07, 6.45) is 0.249. The standard InChI is InChI=1S/C17H16O4/c1-20-16(18)10-12-6-8-13(9-7-12)14-4-3-5-15(11-14)17(19)21-2/h3-9,11H,10H2,1-2H3. The average molecular weight is 284 g/mol. The zero-order valence-corrected chi connectivity index (χ0v) is 12.0. The van der Waals surface area contributed by atoms with Crippen molar-refractivity contribution in [2.24, 2.45) is 0 Å². The van der Waals surface area contributed by atoms with Gasteiger partial charge in [0.15, 0.2) is 0 Å². The number of methoxy groups -OCH3 is 2. The summed E-state index contributed by atoms with van der Waals surface area (Å²) >= 11 is 0. The highest BCUT2D eigenvalue weighted by Gasteiger charge is 2.07. The van der Waals surface area contributed by atoms with E-state index in [1.807, 2.05) is 36.4 Å². The molecule has 2 aromatic carbocycles. The Kier molecular flexibility index (Phi) is 4.72. The molecule has 0 heterocycles.